The molecule has 0 radical (unpaired) electrons. The van der Waals surface area contributed by atoms with Gasteiger partial charge in [0.2, 0.25) is 0 Å². The van der Waals surface area contributed by atoms with Crippen LogP contribution in [0.3, 0.4) is 0 Å². The van der Waals surface area contributed by atoms with Crippen LogP contribution in [0.5, 0.6) is 11.5 Å². The van der Waals surface area contributed by atoms with Crippen molar-refractivity contribution < 1.29 is 30.0 Å². The second kappa shape index (κ2) is 6.80. The van der Waals surface area contributed by atoms with E-state index in [4.69, 9.17) is 11.5 Å². The predicted octanol–water partition coefficient (Wildman–Crippen LogP) is 0.748. The van der Waals surface area contributed by atoms with Gasteiger partial charge in [0, 0.05) is 11.1 Å². The van der Waals surface area contributed by atoms with E-state index in [1.807, 2.05) is 0 Å². The van der Waals surface area contributed by atoms with E-state index in [2.05, 4.69) is 0 Å². The summed E-state index contributed by atoms with van der Waals surface area (Å²) in [6.07, 6.45) is 0. The van der Waals surface area contributed by atoms with Gasteiger partial charge < -0.3 is 31.9 Å². The smallest absolute Gasteiger partial charge is 0.314 e. The maximum atomic E-state index is 11.8. The molecule has 2 atom stereocenters. The van der Waals surface area contributed by atoms with Gasteiger partial charge in [0.15, 0.2) is 0 Å². The van der Waals surface area contributed by atoms with Crippen LogP contribution in [-0.4, -0.2) is 38.0 Å². The maximum Gasteiger partial charge on any atom is 0.314 e. The summed E-state index contributed by atoms with van der Waals surface area (Å²) in [5, 5.41) is 39.1. The minimum absolute atomic E-state index is 0.123. The summed E-state index contributed by atoms with van der Waals surface area (Å²) in [5.74, 6) is -7.25. The van der Waals surface area contributed by atoms with Crippen molar-refractivity contribution >= 4 is 11.9 Å². The van der Waals surface area contributed by atoms with Crippen LogP contribution in [-0.2, 0) is 9.59 Å². The van der Waals surface area contributed by atoms with E-state index in [1.165, 1.54) is 48.5 Å². The first kappa shape index (κ1) is 18.2. The van der Waals surface area contributed by atoms with Gasteiger partial charge in [-0.25, -0.2) is 0 Å². The van der Waals surface area contributed by atoms with Gasteiger partial charge in [-0.1, -0.05) is 36.4 Å². The molecule has 0 amide bonds. The number of phenolic OH excluding ortho intramolecular Hbond substituents is 2. The highest BCUT2D eigenvalue weighted by molar-refractivity contribution is 5.85. The lowest BCUT2D eigenvalue weighted by Crippen LogP contribution is -2.62. The topological polar surface area (TPSA) is 167 Å². The van der Waals surface area contributed by atoms with E-state index in [9.17, 15) is 30.0 Å². The SMILES string of the molecule is NC(N)(C(C(=O)O)c1ccccc1O)C(C(=O)O)c1ccccc1O. The van der Waals surface area contributed by atoms with Crippen LogP contribution >= 0.6 is 0 Å². The highest BCUT2D eigenvalue weighted by Crippen LogP contribution is 2.40. The molecule has 0 heterocycles. The molecule has 2 aromatic carbocycles. The average molecular weight is 346 g/mol. The van der Waals surface area contributed by atoms with Gasteiger partial charge in [-0.05, 0) is 12.1 Å². The number of rotatable bonds is 6. The number of benzene rings is 2. The number of carbonyl (C=O) groups is 2. The summed E-state index contributed by atoms with van der Waals surface area (Å²) in [4.78, 5) is 23.6. The second-order valence-corrected chi connectivity index (χ2v) is 5.66. The van der Waals surface area contributed by atoms with Crippen LogP contribution in [0, 0.1) is 0 Å². The van der Waals surface area contributed by atoms with Crippen molar-refractivity contribution in [1.29, 1.82) is 0 Å². The van der Waals surface area contributed by atoms with Gasteiger partial charge in [0.1, 0.15) is 23.3 Å². The molecule has 2 rings (SSSR count). The molecule has 0 spiro atoms. The molecule has 0 aromatic heterocycles. The Labute approximate surface area is 142 Å². The van der Waals surface area contributed by atoms with Crippen LogP contribution < -0.4 is 11.5 Å². The fourth-order valence-electron chi connectivity index (χ4n) is 2.86. The molecule has 8 nitrogen and oxygen atoms in total. The van der Waals surface area contributed by atoms with Crippen molar-refractivity contribution in [1.82, 2.24) is 0 Å². The maximum absolute atomic E-state index is 11.8. The Kier molecular flexibility index (Phi) is 4.96. The first-order valence-corrected chi connectivity index (χ1v) is 7.27. The summed E-state index contributed by atoms with van der Waals surface area (Å²) in [6.45, 7) is 0. The normalized spacial score (nSPS) is 13.8. The molecular formula is C17H18N2O6. The van der Waals surface area contributed by atoms with Crippen molar-refractivity contribution in [3.8, 4) is 11.5 Å². The molecule has 0 aliphatic carbocycles. The molecule has 0 bridgehead atoms. The summed E-state index contributed by atoms with van der Waals surface area (Å²) >= 11 is 0. The molecule has 0 fully saturated rings. The van der Waals surface area contributed by atoms with Crippen LogP contribution in [0.1, 0.15) is 23.0 Å². The zero-order chi connectivity index (χ0) is 18.8. The molecule has 0 aliphatic rings. The summed E-state index contributed by atoms with van der Waals surface area (Å²) in [6, 6.07) is 11.0. The molecule has 0 saturated carbocycles. The largest absolute Gasteiger partial charge is 0.508 e. The number of carboxylic acids is 2. The predicted molar refractivity (Wildman–Crippen MR) is 88.1 cm³/mol. The summed E-state index contributed by atoms with van der Waals surface area (Å²) in [7, 11) is 0. The average Bonchev–Trinajstić information content (AvgIpc) is 2.50. The molecule has 132 valence electrons. The Morgan fingerprint density at radius 2 is 1.08 bits per heavy atom. The Morgan fingerprint density at radius 1 is 0.760 bits per heavy atom. The molecule has 0 aliphatic heterocycles. The van der Waals surface area contributed by atoms with E-state index >= 15 is 0 Å². The highest BCUT2D eigenvalue weighted by Gasteiger charge is 2.49. The number of nitrogens with two attached hydrogens (primary N) is 2. The van der Waals surface area contributed by atoms with Crippen LogP contribution in [0.4, 0.5) is 0 Å². The monoisotopic (exact) mass is 346 g/mol. The lowest BCUT2D eigenvalue weighted by atomic mass is 9.75. The lowest BCUT2D eigenvalue weighted by molar-refractivity contribution is -0.144. The van der Waals surface area contributed by atoms with Crippen LogP contribution in [0.15, 0.2) is 48.5 Å². The van der Waals surface area contributed by atoms with Crippen molar-refractivity contribution in [3.05, 3.63) is 59.7 Å². The van der Waals surface area contributed by atoms with Crippen molar-refractivity contribution in [3.63, 3.8) is 0 Å². The number of aliphatic carboxylic acids is 2. The molecule has 25 heavy (non-hydrogen) atoms. The molecule has 8 N–H and O–H groups in total. The third-order valence-corrected chi connectivity index (χ3v) is 3.99. The van der Waals surface area contributed by atoms with Gasteiger partial charge in [-0.3, -0.25) is 9.59 Å². The van der Waals surface area contributed by atoms with Gasteiger partial charge in [-0.2, -0.15) is 0 Å². The molecule has 2 unspecified atom stereocenters. The number of para-hydroxylation sites is 2. The van der Waals surface area contributed by atoms with Crippen molar-refractivity contribution in [2.45, 2.75) is 17.5 Å². The van der Waals surface area contributed by atoms with E-state index in [1.54, 1.807) is 0 Å². The Bertz CT molecular complexity index is 740. The second-order valence-electron chi connectivity index (χ2n) is 5.66. The Hall–Kier alpha value is -3.10. The van der Waals surface area contributed by atoms with E-state index in [0.29, 0.717) is 0 Å². The minimum Gasteiger partial charge on any atom is -0.508 e. The molecule has 2 aromatic rings. The van der Waals surface area contributed by atoms with Crippen LogP contribution in [0.25, 0.3) is 0 Å². The van der Waals surface area contributed by atoms with Crippen molar-refractivity contribution in [2.24, 2.45) is 11.5 Å². The number of phenols is 2. The molecule has 0 saturated heterocycles. The third kappa shape index (κ3) is 3.39. The molecule has 8 heteroatoms. The Balaban J connectivity index is 2.65. The standard InChI is InChI=1S/C17H18N2O6/c18-17(19,13(15(22)23)9-5-1-3-7-11(9)20)14(16(24)25)10-6-2-4-8-12(10)21/h1-8,13-14,20-21H,18-19H2,(H,22,23)(H,24,25). The van der Waals surface area contributed by atoms with E-state index < -0.39 is 29.4 Å². The molecular weight excluding hydrogens is 328 g/mol. The number of hydrogen-bond acceptors (Lipinski definition) is 6. The first-order valence-electron chi connectivity index (χ1n) is 7.27. The zero-order valence-corrected chi connectivity index (χ0v) is 13.0. The quantitative estimate of drug-likeness (QED) is 0.416. The number of hydrogen-bond donors (Lipinski definition) is 6. The Morgan fingerprint density at radius 3 is 1.36 bits per heavy atom. The third-order valence-electron chi connectivity index (χ3n) is 3.99. The van der Waals surface area contributed by atoms with Crippen molar-refractivity contribution in [2.75, 3.05) is 0 Å². The fraction of sp³-hybridized carbons (Fsp3) is 0.176. The van der Waals surface area contributed by atoms with Gasteiger partial charge in [0.05, 0.1) is 5.66 Å². The van der Waals surface area contributed by atoms with Crippen LogP contribution in [0.2, 0.25) is 0 Å². The zero-order valence-electron chi connectivity index (χ0n) is 13.0. The highest BCUT2D eigenvalue weighted by atomic mass is 16.4. The van der Waals surface area contributed by atoms with Gasteiger partial charge >= 0.3 is 11.9 Å². The lowest BCUT2D eigenvalue weighted by Gasteiger charge is -2.37. The first-order chi connectivity index (χ1) is 11.7. The fourth-order valence-corrected chi connectivity index (χ4v) is 2.86. The minimum atomic E-state index is -2.35. The number of aromatic hydroxyl groups is 2. The summed E-state index contributed by atoms with van der Waals surface area (Å²) in [5.41, 5.74) is 9.41. The number of carboxylic acid groups (broad SMARTS) is 2. The summed E-state index contributed by atoms with van der Waals surface area (Å²) < 4.78 is 0. The van der Waals surface area contributed by atoms with Gasteiger partial charge in [-0.15, -0.1) is 0 Å². The van der Waals surface area contributed by atoms with E-state index in [0.717, 1.165) is 0 Å². The van der Waals surface area contributed by atoms with E-state index in [-0.39, 0.29) is 22.6 Å². The van der Waals surface area contributed by atoms with Gasteiger partial charge in [0.25, 0.3) is 0 Å².